The van der Waals surface area contributed by atoms with E-state index in [4.69, 9.17) is 9.97 Å². The molecule has 0 atom stereocenters. The molecule has 0 fully saturated rings. The Morgan fingerprint density at radius 3 is 1.08 bits per heavy atom. The molecule has 0 saturated heterocycles. The molecule has 0 unspecified atom stereocenters. The Morgan fingerprint density at radius 1 is 0.365 bits per heavy atom. The van der Waals surface area contributed by atoms with E-state index in [1.807, 2.05) is 0 Å². The van der Waals surface area contributed by atoms with Crippen molar-refractivity contribution in [1.29, 1.82) is 0 Å². The van der Waals surface area contributed by atoms with Gasteiger partial charge in [0.15, 0.2) is 0 Å². The first-order chi connectivity index (χ1) is 30.9. The zero-order chi connectivity index (χ0) is 42.1. The second-order valence-corrected chi connectivity index (χ2v) is 17.6. The van der Waals surface area contributed by atoms with Crippen LogP contribution >= 0.6 is 0 Å². The number of hydrogen-bond acceptors (Lipinski definition) is 2. The second-order valence-electron chi connectivity index (χ2n) is 17.6. The summed E-state index contributed by atoms with van der Waals surface area (Å²) in [6.45, 7) is 4.42. The summed E-state index contributed by atoms with van der Waals surface area (Å²) in [5.74, 6) is 1.91. The van der Waals surface area contributed by atoms with Gasteiger partial charge in [-0.05, 0) is 68.8 Å². The summed E-state index contributed by atoms with van der Waals surface area (Å²) < 4.78 is 4.57. The average Bonchev–Trinajstić information content (AvgIpc) is 3.96. The highest BCUT2D eigenvalue weighted by molar-refractivity contribution is 6.25. The normalized spacial score (nSPS) is 13.2. The largest absolute Gasteiger partial charge is 0.327 e. The van der Waals surface area contributed by atoms with E-state index < -0.39 is 5.41 Å². The lowest BCUT2D eigenvalue weighted by molar-refractivity contribution is 0.766. The Morgan fingerprint density at radius 2 is 0.698 bits per heavy atom. The van der Waals surface area contributed by atoms with Crippen molar-refractivity contribution in [1.82, 2.24) is 19.1 Å². The Labute approximate surface area is 365 Å². The highest BCUT2D eigenvalue weighted by atomic mass is 15.1. The van der Waals surface area contributed by atoms with E-state index in [-0.39, 0.29) is 0 Å². The highest BCUT2D eigenvalue weighted by Gasteiger charge is 2.46. The third-order valence-corrected chi connectivity index (χ3v) is 14.1. The van der Waals surface area contributed by atoms with Crippen LogP contribution in [-0.4, -0.2) is 19.1 Å². The lowest BCUT2D eigenvalue weighted by Crippen LogP contribution is -2.28. The van der Waals surface area contributed by atoms with Crippen molar-refractivity contribution in [2.45, 2.75) is 19.3 Å². The maximum Gasteiger partial charge on any atom is 0.140 e. The Balaban J connectivity index is 1.01. The van der Waals surface area contributed by atoms with Crippen LogP contribution in [-0.2, 0) is 19.5 Å². The van der Waals surface area contributed by atoms with Gasteiger partial charge in [0.1, 0.15) is 11.6 Å². The van der Waals surface area contributed by atoms with Gasteiger partial charge in [-0.2, -0.15) is 0 Å². The number of imidazole rings is 2. The molecule has 13 rings (SSSR count). The van der Waals surface area contributed by atoms with E-state index >= 15 is 0 Å². The van der Waals surface area contributed by atoms with Crippen LogP contribution in [0, 0.1) is 13.8 Å². The number of benzene rings is 10. The molecule has 1 aliphatic carbocycles. The maximum atomic E-state index is 5.41. The summed E-state index contributed by atoms with van der Waals surface area (Å²) in [4.78, 5) is 10.8. The quantitative estimate of drug-likeness (QED) is 0.166. The minimum atomic E-state index is -0.558. The van der Waals surface area contributed by atoms with E-state index in [0.717, 1.165) is 44.8 Å². The molecule has 63 heavy (non-hydrogen) atoms. The first-order valence-corrected chi connectivity index (χ1v) is 21.9. The smallest absolute Gasteiger partial charge is 0.140 e. The molecule has 12 aromatic rings. The lowest BCUT2D eigenvalue weighted by atomic mass is 9.67. The summed E-state index contributed by atoms with van der Waals surface area (Å²) in [6.07, 6.45) is 0. The molecule has 0 saturated carbocycles. The molecule has 4 heteroatoms. The van der Waals surface area contributed by atoms with Gasteiger partial charge < -0.3 is 9.13 Å². The molecular weight excluding hydrogens is 765 g/mol. The molecule has 0 bridgehead atoms. The van der Waals surface area contributed by atoms with Crippen molar-refractivity contribution in [3.05, 3.63) is 215 Å². The second kappa shape index (κ2) is 13.1. The predicted octanol–water partition coefficient (Wildman–Crippen LogP) is 14.4. The number of nitrogens with zero attached hydrogens (tertiary/aromatic N) is 4. The third kappa shape index (κ3) is 4.86. The summed E-state index contributed by atoms with van der Waals surface area (Å²) in [6, 6.07) is 67.3. The van der Waals surface area contributed by atoms with Crippen LogP contribution in [0.25, 0.3) is 99.1 Å². The van der Waals surface area contributed by atoms with Crippen LogP contribution in [0.3, 0.4) is 0 Å². The van der Waals surface area contributed by atoms with Crippen molar-refractivity contribution >= 4 is 65.2 Å². The number of aromatic nitrogens is 4. The van der Waals surface area contributed by atoms with Gasteiger partial charge in [-0.15, -0.1) is 0 Å². The minimum Gasteiger partial charge on any atom is -0.327 e. The lowest BCUT2D eigenvalue weighted by Gasteiger charge is -2.34. The molecule has 1 aliphatic rings. The van der Waals surface area contributed by atoms with Gasteiger partial charge in [0, 0.05) is 46.8 Å². The number of fused-ring (bicyclic) bond motifs is 15. The Kier molecular flexibility index (Phi) is 7.46. The zero-order valence-corrected chi connectivity index (χ0v) is 35.6. The maximum absolute atomic E-state index is 5.41. The molecule has 0 aliphatic heterocycles. The number of aryl methyl sites for hydroxylation is 4. The van der Waals surface area contributed by atoms with Crippen molar-refractivity contribution < 1.29 is 0 Å². The van der Waals surface area contributed by atoms with Crippen molar-refractivity contribution in [2.75, 3.05) is 0 Å². The first-order valence-electron chi connectivity index (χ1n) is 21.9. The molecular formula is C59H42N4. The summed E-state index contributed by atoms with van der Waals surface area (Å²) in [5, 5.41) is 9.76. The average molecular weight is 807 g/mol. The molecule has 4 nitrogen and oxygen atoms in total. The van der Waals surface area contributed by atoms with Gasteiger partial charge in [0.25, 0.3) is 0 Å². The number of hydrogen-bond donors (Lipinski definition) is 0. The third-order valence-electron chi connectivity index (χ3n) is 14.1. The van der Waals surface area contributed by atoms with E-state index in [1.54, 1.807) is 0 Å². The molecule has 2 aromatic heterocycles. The van der Waals surface area contributed by atoms with E-state index in [9.17, 15) is 0 Å². The van der Waals surface area contributed by atoms with Crippen molar-refractivity contribution in [3.63, 3.8) is 0 Å². The fourth-order valence-electron chi connectivity index (χ4n) is 11.3. The topological polar surface area (TPSA) is 35.6 Å². The Hall–Kier alpha value is -7.82. The Bertz CT molecular complexity index is 3630. The fourth-order valence-corrected chi connectivity index (χ4v) is 11.3. The van der Waals surface area contributed by atoms with Gasteiger partial charge in [0.2, 0.25) is 0 Å². The van der Waals surface area contributed by atoms with Gasteiger partial charge in [-0.25, -0.2) is 9.97 Å². The van der Waals surface area contributed by atoms with Crippen LogP contribution in [0.5, 0.6) is 0 Å². The van der Waals surface area contributed by atoms with E-state index in [0.29, 0.717) is 0 Å². The highest BCUT2D eigenvalue weighted by Crippen LogP contribution is 2.57. The van der Waals surface area contributed by atoms with Crippen LogP contribution < -0.4 is 0 Å². The van der Waals surface area contributed by atoms with Crippen molar-refractivity contribution in [3.8, 4) is 33.9 Å². The van der Waals surface area contributed by atoms with E-state index in [1.165, 1.54) is 87.6 Å². The monoisotopic (exact) mass is 806 g/mol. The standard InChI is InChI=1S/C59H42N4/c1-35-21-31-45-46-32-22-36(2)34-52(46)59(51(45)33-35,39-27-23-37(24-28-39)57-60-53-47-17-9-5-13-41(47)43-15-7-11-19-49(43)55(53)62(57)3)40-29-25-38(26-30-40)58-61-54-48-18-10-6-14-42(48)44-16-8-12-20-50(44)56(54)63(58)4/h5-34H,1-4H3. The van der Waals surface area contributed by atoms with Crippen LogP contribution in [0.2, 0.25) is 0 Å². The summed E-state index contributed by atoms with van der Waals surface area (Å²) >= 11 is 0. The van der Waals surface area contributed by atoms with E-state index in [2.05, 4.69) is 219 Å². The van der Waals surface area contributed by atoms with Crippen molar-refractivity contribution in [2.24, 2.45) is 14.1 Å². The van der Waals surface area contributed by atoms with Gasteiger partial charge in [-0.1, -0.05) is 193 Å². The zero-order valence-electron chi connectivity index (χ0n) is 35.6. The number of rotatable bonds is 4. The molecule has 0 radical (unpaired) electrons. The van der Waals surface area contributed by atoms with Crippen LogP contribution in [0.1, 0.15) is 33.4 Å². The van der Waals surface area contributed by atoms with Crippen LogP contribution in [0.15, 0.2) is 182 Å². The summed E-state index contributed by atoms with van der Waals surface area (Å²) in [5.41, 5.74) is 16.1. The molecule has 10 aromatic carbocycles. The van der Waals surface area contributed by atoms with Gasteiger partial charge >= 0.3 is 0 Å². The molecule has 0 amide bonds. The molecule has 2 heterocycles. The summed E-state index contributed by atoms with van der Waals surface area (Å²) in [7, 11) is 4.32. The minimum absolute atomic E-state index is 0.558. The van der Waals surface area contributed by atoms with Gasteiger partial charge in [-0.3, -0.25) is 0 Å². The molecule has 298 valence electrons. The SMILES string of the molecule is Cc1ccc2c(c1)C(c1ccc(-c3nc4c5ccccc5c5ccccc5c4n3C)cc1)(c1ccc(-c3nc4c5ccccc5c5ccccc5c4n3C)cc1)c1cc(C)ccc1-2. The fraction of sp³-hybridized carbons (Fsp3) is 0.0847. The molecule has 0 spiro atoms. The molecule has 0 N–H and O–H groups in total. The first kappa shape index (κ1) is 35.9. The van der Waals surface area contributed by atoms with Crippen LogP contribution in [0.4, 0.5) is 0 Å². The predicted molar refractivity (Wildman–Crippen MR) is 263 cm³/mol. The van der Waals surface area contributed by atoms with Gasteiger partial charge in [0.05, 0.1) is 27.5 Å².